The molecule has 0 saturated heterocycles. The van der Waals surface area contributed by atoms with Crippen LogP contribution in [-0.2, 0) is 6.54 Å². The fourth-order valence-corrected chi connectivity index (χ4v) is 4.03. The van der Waals surface area contributed by atoms with Crippen molar-refractivity contribution in [2.24, 2.45) is 5.92 Å². The van der Waals surface area contributed by atoms with Crippen molar-refractivity contribution < 1.29 is 4.74 Å². The van der Waals surface area contributed by atoms with Crippen LogP contribution in [0.2, 0.25) is 5.02 Å². The summed E-state index contributed by atoms with van der Waals surface area (Å²) in [6, 6.07) is 12.9. The van der Waals surface area contributed by atoms with Crippen LogP contribution in [0.5, 0.6) is 5.75 Å². The number of hydrogen-bond acceptors (Lipinski definition) is 4. The number of nitrogens with zero attached hydrogens (tertiary/aromatic N) is 2. The van der Waals surface area contributed by atoms with E-state index in [0.29, 0.717) is 45.9 Å². The van der Waals surface area contributed by atoms with Gasteiger partial charge in [0.25, 0.3) is 5.56 Å². The van der Waals surface area contributed by atoms with Gasteiger partial charge in [0, 0.05) is 21.8 Å². The molecule has 0 aliphatic rings. The minimum Gasteiger partial charge on any atom is -0.493 e. The van der Waals surface area contributed by atoms with Gasteiger partial charge in [-0.25, -0.2) is 4.98 Å². The van der Waals surface area contributed by atoms with Crippen LogP contribution in [0.1, 0.15) is 13.8 Å². The smallest absolute Gasteiger partial charge is 0.262 e. The van der Waals surface area contributed by atoms with E-state index in [9.17, 15) is 4.79 Å². The molecule has 0 radical (unpaired) electrons. The molecule has 0 amide bonds. The first-order valence-electron chi connectivity index (χ1n) is 8.65. The summed E-state index contributed by atoms with van der Waals surface area (Å²) in [5.74, 6) is 1.83. The first kappa shape index (κ1) is 20.2. The Bertz CT molecular complexity index is 1010. The summed E-state index contributed by atoms with van der Waals surface area (Å²) in [5.41, 5.74) is 0.601. The van der Waals surface area contributed by atoms with Gasteiger partial charge in [-0.05, 0) is 42.3 Å². The number of ether oxygens (including phenoxy) is 1. The van der Waals surface area contributed by atoms with Crippen molar-refractivity contribution in [2.75, 3.05) is 12.4 Å². The highest BCUT2D eigenvalue weighted by Gasteiger charge is 2.13. The Labute approximate surface area is 176 Å². The fourth-order valence-electron chi connectivity index (χ4n) is 2.66. The van der Waals surface area contributed by atoms with Crippen molar-refractivity contribution in [3.05, 3.63) is 62.3 Å². The number of hydrogen-bond donors (Lipinski definition) is 0. The van der Waals surface area contributed by atoms with Crippen molar-refractivity contribution in [3.63, 3.8) is 0 Å². The number of rotatable bonds is 7. The lowest BCUT2D eigenvalue weighted by atomic mass is 10.2. The van der Waals surface area contributed by atoms with Crippen molar-refractivity contribution in [1.82, 2.24) is 9.55 Å². The average molecular weight is 468 g/mol. The number of thioether (sulfide) groups is 1. The predicted molar refractivity (Wildman–Crippen MR) is 116 cm³/mol. The van der Waals surface area contributed by atoms with Gasteiger partial charge in [0.2, 0.25) is 0 Å². The van der Waals surface area contributed by atoms with Crippen LogP contribution in [0.25, 0.3) is 10.9 Å². The molecule has 3 aromatic rings. The molecule has 0 spiro atoms. The number of benzene rings is 2. The lowest BCUT2D eigenvalue weighted by molar-refractivity contribution is 0.343. The van der Waals surface area contributed by atoms with Crippen molar-refractivity contribution in [1.29, 1.82) is 0 Å². The maximum Gasteiger partial charge on any atom is 0.262 e. The van der Waals surface area contributed by atoms with E-state index in [-0.39, 0.29) is 5.56 Å². The lowest BCUT2D eigenvalue weighted by Crippen LogP contribution is -2.25. The molecule has 3 rings (SSSR count). The van der Waals surface area contributed by atoms with Crippen LogP contribution in [0, 0.1) is 5.92 Å². The number of aromatic nitrogens is 2. The van der Waals surface area contributed by atoms with Crippen molar-refractivity contribution >= 4 is 50.2 Å². The second-order valence-electron chi connectivity index (χ2n) is 6.52. The first-order chi connectivity index (χ1) is 12.9. The van der Waals surface area contributed by atoms with Gasteiger partial charge in [0.15, 0.2) is 5.16 Å². The molecule has 1 heterocycles. The quantitative estimate of drug-likeness (QED) is 0.256. The third kappa shape index (κ3) is 5.27. The molecule has 27 heavy (non-hydrogen) atoms. The Morgan fingerprint density at radius 3 is 2.81 bits per heavy atom. The molecule has 0 N–H and O–H groups in total. The van der Waals surface area contributed by atoms with Gasteiger partial charge in [-0.1, -0.05) is 59.2 Å². The summed E-state index contributed by atoms with van der Waals surface area (Å²) in [4.78, 5) is 17.6. The second-order valence-corrected chi connectivity index (χ2v) is 8.93. The molecule has 0 saturated carbocycles. The maximum atomic E-state index is 12.9. The van der Waals surface area contributed by atoms with E-state index in [0.717, 1.165) is 10.2 Å². The number of fused-ring (bicyclic) bond motifs is 1. The summed E-state index contributed by atoms with van der Waals surface area (Å²) in [6.07, 6.45) is 0. The minimum atomic E-state index is -0.0271. The van der Waals surface area contributed by atoms with E-state index < -0.39 is 0 Å². The van der Waals surface area contributed by atoms with E-state index in [2.05, 4.69) is 34.8 Å². The Morgan fingerprint density at radius 1 is 1.26 bits per heavy atom. The predicted octanol–water partition coefficient (Wildman–Crippen LogP) is 5.64. The normalized spacial score (nSPS) is 11.3. The van der Waals surface area contributed by atoms with E-state index in [1.807, 2.05) is 24.3 Å². The zero-order valence-electron chi connectivity index (χ0n) is 15.1. The molecule has 1 aromatic heterocycles. The molecular formula is C20H20BrClN2O2S. The summed E-state index contributed by atoms with van der Waals surface area (Å²) in [6.45, 7) is 5.32. The van der Waals surface area contributed by atoms with E-state index in [4.69, 9.17) is 16.3 Å². The van der Waals surface area contributed by atoms with Gasteiger partial charge >= 0.3 is 0 Å². The zero-order chi connectivity index (χ0) is 19.4. The summed E-state index contributed by atoms with van der Waals surface area (Å²) in [5, 5.41) is 1.86. The molecule has 0 fully saturated rings. The zero-order valence-corrected chi connectivity index (χ0v) is 18.3. The minimum absolute atomic E-state index is 0.0271. The average Bonchev–Trinajstić information content (AvgIpc) is 2.61. The van der Waals surface area contributed by atoms with Gasteiger partial charge in [-0.3, -0.25) is 9.36 Å². The summed E-state index contributed by atoms with van der Waals surface area (Å²) < 4.78 is 8.51. The van der Waals surface area contributed by atoms with Gasteiger partial charge < -0.3 is 4.74 Å². The second kappa shape index (κ2) is 9.13. The third-order valence-electron chi connectivity index (χ3n) is 3.81. The topological polar surface area (TPSA) is 44.1 Å². The SMILES string of the molecule is CC(C)Cn1c(SCCOc2cccc(Br)c2)nc2cc(Cl)ccc2c1=O. The van der Waals surface area contributed by atoms with Gasteiger partial charge in [-0.15, -0.1) is 0 Å². The van der Waals surface area contributed by atoms with Crippen LogP contribution in [0.3, 0.4) is 0 Å². The van der Waals surface area contributed by atoms with E-state index >= 15 is 0 Å². The highest BCUT2D eigenvalue weighted by atomic mass is 79.9. The molecule has 4 nitrogen and oxygen atoms in total. The Balaban J connectivity index is 1.80. The van der Waals surface area contributed by atoms with E-state index in [1.54, 1.807) is 22.8 Å². The molecule has 142 valence electrons. The summed E-state index contributed by atoms with van der Waals surface area (Å²) in [7, 11) is 0. The summed E-state index contributed by atoms with van der Waals surface area (Å²) >= 11 is 11.0. The van der Waals surface area contributed by atoms with Crippen LogP contribution >= 0.6 is 39.3 Å². The third-order valence-corrected chi connectivity index (χ3v) is 5.48. The van der Waals surface area contributed by atoms with Gasteiger partial charge in [0.1, 0.15) is 5.75 Å². The highest BCUT2D eigenvalue weighted by Crippen LogP contribution is 2.22. The van der Waals surface area contributed by atoms with Gasteiger partial charge in [0.05, 0.1) is 17.5 Å². The van der Waals surface area contributed by atoms with Crippen LogP contribution in [0.15, 0.2) is 56.9 Å². The molecule has 0 aliphatic heterocycles. The molecule has 0 bridgehead atoms. The largest absolute Gasteiger partial charge is 0.493 e. The first-order valence-corrected chi connectivity index (χ1v) is 10.8. The number of halogens is 2. The molecule has 2 aromatic carbocycles. The standard InChI is InChI=1S/C20H20BrClN2O2S/c1-13(2)12-24-19(25)17-7-6-15(22)11-18(17)23-20(24)27-9-8-26-16-5-3-4-14(21)10-16/h3-7,10-11,13H,8-9,12H2,1-2H3. The Morgan fingerprint density at radius 2 is 2.07 bits per heavy atom. The highest BCUT2D eigenvalue weighted by molar-refractivity contribution is 9.10. The molecule has 7 heteroatoms. The Hall–Kier alpha value is -1.50. The van der Waals surface area contributed by atoms with Crippen molar-refractivity contribution in [3.8, 4) is 5.75 Å². The Kier molecular flexibility index (Phi) is 6.84. The molecule has 0 atom stereocenters. The maximum absolute atomic E-state index is 12.9. The lowest BCUT2D eigenvalue weighted by Gasteiger charge is -2.15. The molecule has 0 unspecified atom stereocenters. The molecular weight excluding hydrogens is 448 g/mol. The van der Waals surface area contributed by atoms with Crippen LogP contribution < -0.4 is 10.3 Å². The molecule has 0 aliphatic carbocycles. The van der Waals surface area contributed by atoms with E-state index in [1.165, 1.54) is 11.8 Å². The van der Waals surface area contributed by atoms with Gasteiger partial charge in [-0.2, -0.15) is 0 Å². The van der Waals surface area contributed by atoms with Crippen LogP contribution in [0.4, 0.5) is 0 Å². The monoisotopic (exact) mass is 466 g/mol. The van der Waals surface area contributed by atoms with Crippen molar-refractivity contribution in [2.45, 2.75) is 25.5 Å². The van der Waals surface area contributed by atoms with Crippen LogP contribution in [-0.4, -0.2) is 21.9 Å². The fraction of sp³-hybridized carbons (Fsp3) is 0.300.